The van der Waals surface area contributed by atoms with Crippen LogP contribution in [-0.4, -0.2) is 8.42 Å². The molecule has 0 radical (unpaired) electrons. The van der Waals surface area contributed by atoms with Gasteiger partial charge in [0.15, 0.2) is 0 Å². The average Bonchev–Trinajstić information content (AvgIpc) is 3.40. The van der Waals surface area contributed by atoms with Crippen LogP contribution in [0.2, 0.25) is 0 Å². The van der Waals surface area contributed by atoms with E-state index in [2.05, 4.69) is 48.5 Å². The van der Waals surface area contributed by atoms with Crippen molar-refractivity contribution in [1.29, 1.82) is 0 Å². The summed E-state index contributed by atoms with van der Waals surface area (Å²) in [6, 6.07) is 36.5. The molecule has 162 valence electrons. The van der Waals surface area contributed by atoms with E-state index in [4.69, 9.17) is 0 Å². The molecule has 0 amide bonds. The van der Waals surface area contributed by atoms with Crippen molar-refractivity contribution in [1.82, 2.24) is 0 Å². The summed E-state index contributed by atoms with van der Waals surface area (Å²) in [7, 11) is -3.53. The van der Waals surface area contributed by atoms with E-state index in [1.807, 2.05) is 48.5 Å². The van der Waals surface area contributed by atoms with Crippen LogP contribution in [0.3, 0.4) is 0 Å². The first-order valence-electron chi connectivity index (χ1n) is 11.1. The zero-order valence-corrected chi connectivity index (χ0v) is 19.7. The van der Waals surface area contributed by atoms with E-state index in [-0.39, 0.29) is 0 Å². The standard InChI is InChI=1S/C30H18O2S2/c31-34(32)29-14-12-20(24-10-5-8-19-6-1-3-9-23(19)24)16-25(29)26-17-22(13-15-30(26)34)28-18-21-7-2-4-11-27(21)33-28/h1-18H. The maximum Gasteiger partial charge on any atom is 0.207 e. The van der Waals surface area contributed by atoms with Crippen molar-refractivity contribution in [3.63, 3.8) is 0 Å². The van der Waals surface area contributed by atoms with Crippen molar-refractivity contribution in [3.8, 4) is 32.7 Å². The van der Waals surface area contributed by atoms with Crippen LogP contribution in [-0.2, 0) is 9.84 Å². The molecule has 2 heterocycles. The Kier molecular flexibility index (Phi) is 4.14. The van der Waals surface area contributed by atoms with Crippen molar-refractivity contribution >= 4 is 42.0 Å². The topological polar surface area (TPSA) is 34.1 Å². The number of fused-ring (bicyclic) bond motifs is 5. The van der Waals surface area contributed by atoms with Gasteiger partial charge >= 0.3 is 0 Å². The summed E-state index contributed by atoms with van der Waals surface area (Å²) in [5, 5.41) is 3.53. The Morgan fingerprint density at radius 2 is 1.18 bits per heavy atom. The van der Waals surface area contributed by atoms with Crippen LogP contribution in [0.15, 0.2) is 119 Å². The van der Waals surface area contributed by atoms with Crippen molar-refractivity contribution < 1.29 is 8.42 Å². The molecule has 7 rings (SSSR count). The minimum atomic E-state index is -3.53. The molecule has 0 fully saturated rings. The molecule has 0 bridgehead atoms. The molecular weight excluding hydrogens is 456 g/mol. The first-order valence-corrected chi connectivity index (χ1v) is 13.4. The Labute approximate surface area is 201 Å². The van der Waals surface area contributed by atoms with Gasteiger partial charge in [0, 0.05) is 20.7 Å². The zero-order valence-electron chi connectivity index (χ0n) is 18.0. The highest BCUT2D eigenvalue weighted by Crippen LogP contribution is 2.47. The molecule has 0 N–H and O–H groups in total. The Balaban J connectivity index is 1.43. The van der Waals surface area contributed by atoms with E-state index < -0.39 is 9.84 Å². The van der Waals surface area contributed by atoms with Gasteiger partial charge in [-0.3, -0.25) is 0 Å². The highest BCUT2D eigenvalue weighted by Gasteiger charge is 2.33. The molecule has 0 spiro atoms. The lowest BCUT2D eigenvalue weighted by Crippen LogP contribution is -1.96. The SMILES string of the molecule is O=S1(=O)c2ccc(-c3cc4ccccc4s3)cc2-c2cc(-c3cccc4ccccc34)ccc21. The predicted molar refractivity (Wildman–Crippen MR) is 141 cm³/mol. The molecular formula is C30H18O2S2. The van der Waals surface area contributed by atoms with Gasteiger partial charge in [0.25, 0.3) is 0 Å². The summed E-state index contributed by atoms with van der Waals surface area (Å²) in [6.07, 6.45) is 0. The van der Waals surface area contributed by atoms with Crippen LogP contribution in [0.5, 0.6) is 0 Å². The monoisotopic (exact) mass is 474 g/mol. The second-order valence-electron chi connectivity index (χ2n) is 8.60. The Morgan fingerprint density at radius 3 is 1.97 bits per heavy atom. The van der Waals surface area contributed by atoms with Crippen molar-refractivity contribution in [2.45, 2.75) is 9.79 Å². The highest BCUT2D eigenvalue weighted by molar-refractivity contribution is 7.92. The fraction of sp³-hybridized carbons (Fsp3) is 0. The molecule has 0 unspecified atom stereocenters. The van der Waals surface area contributed by atoms with E-state index in [9.17, 15) is 8.42 Å². The number of sulfone groups is 1. The van der Waals surface area contributed by atoms with Gasteiger partial charge in [-0.05, 0) is 69.2 Å². The molecule has 0 atom stereocenters. The predicted octanol–water partition coefficient (Wildman–Crippen LogP) is 8.20. The van der Waals surface area contributed by atoms with Gasteiger partial charge < -0.3 is 0 Å². The molecule has 34 heavy (non-hydrogen) atoms. The van der Waals surface area contributed by atoms with Gasteiger partial charge in [-0.15, -0.1) is 11.3 Å². The van der Waals surface area contributed by atoms with Gasteiger partial charge in [-0.1, -0.05) is 72.8 Å². The van der Waals surface area contributed by atoms with Crippen molar-refractivity contribution in [2.75, 3.05) is 0 Å². The minimum Gasteiger partial charge on any atom is -0.218 e. The maximum absolute atomic E-state index is 13.3. The molecule has 1 aliphatic heterocycles. The van der Waals surface area contributed by atoms with Crippen molar-refractivity contribution in [3.05, 3.63) is 109 Å². The lowest BCUT2D eigenvalue weighted by atomic mass is 9.95. The number of thiophene rings is 1. The average molecular weight is 475 g/mol. The molecule has 2 nitrogen and oxygen atoms in total. The lowest BCUT2D eigenvalue weighted by molar-refractivity contribution is 0.598. The van der Waals surface area contributed by atoms with E-state index >= 15 is 0 Å². The first-order chi connectivity index (χ1) is 16.6. The van der Waals surface area contributed by atoms with Gasteiger partial charge in [0.2, 0.25) is 9.84 Å². The molecule has 5 aromatic carbocycles. The van der Waals surface area contributed by atoms with Crippen LogP contribution in [0.4, 0.5) is 0 Å². The summed E-state index contributed by atoms with van der Waals surface area (Å²) >= 11 is 1.73. The highest BCUT2D eigenvalue weighted by atomic mass is 32.2. The molecule has 0 saturated heterocycles. The van der Waals surface area contributed by atoms with E-state index in [0.717, 1.165) is 38.1 Å². The normalized spacial score (nSPS) is 13.8. The molecule has 1 aliphatic rings. The molecule has 1 aromatic heterocycles. The number of benzene rings is 5. The Morgan fingerprint density at radius 1 is 0.529 bits per heavy atom. The number of rotatable bonds is 2. The van der Waals surface area contributed by atoms with Crippen LogP contribution < -0.4 is 0 Å². The van der Waals surface area contributed by atoms with E-state index in [1.165, 1.54) is 15.5 Å². The first kappa shape index (κ1) is 19.7. The summed E-state index contributed by atoms with van der Waals surface area (Å²) in [4.78, 5) is 1.92. The number of hydrogen-bond donors (Lipinski definition) is 0. The summed E-state index contributed by atoms with van der Waals surface area (Å²) in [5.74, 6) is 0. The van der Waals surface area contributed by atoms with Crippen LogP contribution in [0.25, 0.3) is 53.6 Å². The van der Waals surface area contributed by atoms with Crippen LogP contribution in [0.1, 0.15) is 0 Å². The van der Waals surface area contributed by atoms with Crippen LogP contribution >= 0.6 is 11.3 Å². The number of hydrogen-bond acceptors (Lipinski definition) is 3. The Bertz CT molecular complexity index is 1840. The third-order valence-corrected chi connectivity index (χ3v) is 9.67. The fourth-order valence-corrected chi connectivity index (χ4v) is 7.70. The summed E-state index contributed by atoms with van der Waals surface area (Å²) in [5.41, 5.74) is 4.73. The van der Waals surface area contributed by atoms with E-state index in [1.54, 1.807) is 23.5 Å². The second-order valence-corrected chi connectivity index (χ2v) is 11.6. The van der Waals surface area contributed by atoms with Gasteiger partial charge in [-0.25, -0.2) is 8.42 Å². The quantitative estimate of drug-likeness (QED) is 0.253. The minimum absolute atomic E-state index is 0.389. The van der Waals surface area contributed by atoms with Gasteiger partial charge in [0.1, 0.15) is 0 Å². The zero-order chi connectivity index (χ0) is 22.9. The Hall–Kier alpha value is -3.73. The van der Waals surface area contributed by atoms with Crippen LogP contribution in [0, 0.1) is 0 Å². The van der Waals surface area contributed by atoms with Gasteiger partial charge in [-0.2, -0.15) is 0 Å². The third kappa shape index (κ3) is 2.82. The third-order valence-electron chi connectivity index (χ3n) is 6.64. The maximum atomic E-state index is 13.3. The second kappa shape index (κ2) is 7.13. The summed E-state index contributed by atoms with van der Waals surface area (Å²) in [6.45, 7) is 0. The molecule has 0 aliphatic carbocycles. The largest absolute Gasteiger partial charge is 0.218 e. The van der Waals surface area contributed by atoms with E-state index in [0.29, 0.717) is 9.79 Å². The fourth-order valence-electron chi connectivity index (χ4n) is 4.99. The molecule has 6 aromatic rings. The lowest BCUT2D eigenvalue weighted by Gasteiger charge is -2.09. The molecule has 0 saturated carbocycles. The smallest absolute Gasteiger partial charge is 0.207 e. The van der Waals surface area contributed by atoms with Crippen molar-refractivity contribution in [2.24, 2.45) is 0 Å². The summed E-state index contributed by atoms with van der Waals surface area (Å²) < 4.78 is 27.9. The molecule has 4 heteroatoms. The van der Waals surface area contributed by atoms with Gasteiger partial charge in [0.05, 0.1) is 9.79 Å².